The van der Waals surface area contributed by atoms with Gasteiger partial charge in [-0.15, -0.1) is 11.3 Å². The number of carbonyl (C=O) groups is 1. The molecule has 0 atom stereocenters. The van der Waals surface area contributed by atoms with Gasteiger partial charge >= 0.3 is 0 Å². The highest BCUT2D eigenvalue weighted by Gasteiger charge is 2.42. The van der Waals surface area contributed by atoms with Crippen molar-refractivity contribution in [2.75, 3.05) is 6.54 Å². The van der Waals surface area contributed by atoms with Crippen LogP contribution in [0.5, 0.6) is 0 Å². The molecular weight excluding hydrogens is 284 g/mol. The average Bonchev–Trinajstić information content (AvgIpc) is 2.71. The molecular formula is C14H19F2NO2S. The minimum Gasteiger partial charge on any atom is -0.388 e. The molecule has 0 radical (unpaired) electrons. The quantitative estimate of drug-likeness (QED) is 0.901. The van der Waals surface area contributed by atoms with Gasteiger partial charge in [-0.05, 0) is 38.3 Å². The minimum atomic E-state index is -2.68. The highest BCUT2D eigenvalue weighted by molar-refractivity contribution is 7.14. The van der Waals surface area contributed by atoms with E-state index < -0.39 is 11.5 Å². The number of hydrogen-bond acceptors (Lipinski definition) is 3. The molecule has 2 N–H and O–H groups in total. The number of alkyl halides is 2. The molecule has 0 saturated heterocycles. The van der Waals surface area contributed by atoms with Crippen LogP contribution in [0.25, 0.3) is 0 Å². The Morgan fingerprint density at radius 1 is 1.35 bits per heavy atom. The molecule has 1 heterocycles. The first-order valence-electron chi connectivity index (χ1n) is 6.66. The molecule has 0 spiro atoms. The van der Waals surface area contributed by atoms with Crippen molar-refractivity contribution in [3.8, 4) is 0 Å². The summed E-state index contributed by atoms with van der Waals surface area (Å²) >= 11 is 1.39. The summed E-state index contributed by atoms with van der Waals surface area (Å²) in [6.07, 6.45) is -0.612. The van der Waals surface area contributed by atoms with Crippen LogP contribution >= 0.6 is 11.3 Å². The van der Waals surface area contributed by atoms with Gasteiger partial charge in [0.25, 0.3) is 5.91 Å². The Labute approximate surface area is 121 Å². The molecule has 2 rings (SSSR count). The summed E-state index contributed by atoms with van der Waals surface area (Å²) in [6, 6.07) is 1.80. The summed E-state index contributed by atoms with van der Waals surface area (Å²) in [5, 5.41) is 12.9. The summed E-state index contributed by atoms with van der Waals surface area (Å²) in [5.41, 5.74) is -0.158. The first kappa shape index (κ1) is 15.4. The summed E-state index contributed by atoms with van der Waals surface area (Å²) < 4.78 is 26.1. The second-order valence-corrected chi connectivity index (χ2v) is 6.87. The number of aliphatic hydroxyl groups is 1. The van der Waals surface area contributed by atoms with Gasteiger partial charge in [0.2, 0.25) is 5.92 Å². The molecule has 20 heavy (non-hydrogen) atoms. The number of hydrogen-bond donors (Lipinski definition) is 2. The van der Waals surface area contributed by atoms with E-state index in [0.717, 1.165) is 10.4 Å². The van der Waals surface area contributed by atoms with Gasteiger partial charge in [-0.25, -0.2) is 8.78 Å². The first-order chi connectivity index (χ1) is 9.21. The maximum atomic E-state index is 13.1. The van der Waals surface area contributed by atoms with Crippen molar-refractivity contribution in [2.24, 2.45) is 0 Å². The zero-order valence-corrected chi connectivity index (χ0v) is 12.4. The molecule has 112 valence electrons. The lowest BCUT2D eigenvalue weighted by atomic mass is 9.83. The molecule has 0 unspecified atom stereocenters. The van der Waals surface area contributed by atoms with Crippen molar-refractivity contribution in [1.82, 2.24) is 5.32 Å². The van der Waals surface area contributed by atoms with Crippen LogP contribution < -0.4 is 5.32 Å². The lowest BCUT2D eigenvalue weighted by molar-refractivity contribution is -0.101. The van der Waals surface area contributed by atoms with Gasteiger partial charge in [0.05, 0.1) is 10.5 Å². The molecule has 1 aliphatic rings. The van der Waals surface area contributed by atoms with Gasteiger partial charge in [0.15, 0.2) is 0 Å². The molecule has 1 saturated carbocycles. The highest BCUT2D eigenvalue weighted by atomic mass is 32.1. The van der Waals surface area contributed by atoms with E-state index in [1.165, 1.54) is 11.3 Å². The van der Waals surface area contributed by atoms with E-state index in [1.54, 1.807) is 6.07 Å². The molecule has 1 amide bonds. The number of thiophene rings is 1. The van der Waals surface area contributed by atoms with Gasteiger partial charge in [0, 0.05) is 24.3 Å². The van der Waals surface area contributed by atoms with Crippen molar-refractivity contribution < 1.29 is 18.7 Å². The smallest absolute Gasteiger partial charge is 0.261 e. The third kappa shape index (κ3) is 3.55. The average molecular weight is 303 g/mol. The van der Waals surface area contributed by atoms with Crippen LogP contribution in [0.15, 0.2) is 6.07 Å². The third-order valence-corrected chi connectivity index (χ3v) is 5.03. The standard InChI is InChI=1S/C14H19F2NO2S/c1-9-7-11(20-10(9)2)12(18)17-8-13(19)3-5-14(15,16)6-4-13/h7,19H,3-6,8H2,1-2H3,(H,17,18). The topological polar surface area (TPSA) is 49.3 Å². The molecule has 0 aromatic carbocycles. The normalized spacial score (nSPS) is 20.6. The first-order valence-corrected chi connectivity index (χ1v) is 7.48. The zero-order valence-electron chi connectivity index (χ0n) is 11.6. The number of carbonyl (C=O) groups excluding carboxylic acids is 1. The molecule has 3 nitrogen and oxygen atoms in total. The summed E-state index contributed by atoms with van der Waals surface area (Å²) in [4.78, 5) is 13.6. The monoisotopic (exact) mass is 303 g/mol. The van der Waals surface area contributed by atoms with Gasteiger partial charge in [-0.2, -0.15) is 0 Å². The van der Waals surface area contributed by atoms with E-state index >= 15 is 0 Å². The summed E-state index contributed by atoms with van der Waals surface area (Å²) in [6.45, 7) is 3.89. The number of halogens is 2. The van der Waals surface area contributed by atoms with Crippen molar-refractivity contribution in [2.45, 2.75) is 51.1 Å². The van der Waals surface area contributed by atoms with Crippen LogP contribution in [-0.2, 0) is 0 Å². The van der Waals surface area contributed by atoms with E-state index in [4.69, 9.17) is 0 Å². The van der Waals surface area contributed by atoms with E-state index in [9.17, 15) is 18.7 Å². The lowest BCUT2D eigenvalue weighted by Gasteiger charge is -2.35. The van der Waals surface area contributed by atoms with E-state index in [0.29, 0.717) is 4.88 Å². The van der Waals surface area contributed by atoms with Crippen molar-refractivity contribution in [3.63, 3.8) is 0 Å². The predicted molar refractivity (Wildman–Crippen MR) is 74.5 cm³/mol. The van der Waals surface area contributed by atoms with Crippen molar-refractivity contribution in [1.29, 1.82) is 0 Å². The Balaban J connectivity index is 1.90. The maximum Gasteiger partial charge on any atom is 0.261 e. The van der Waals surface area contributed by atoms with Crippen molar-refractivity contribution in [3.05, 3.63) is 21.4 Å². The van der Waals surface area contributed by atoms with Crippen LogP contribution in [0.1, 0.15) is 45.8 Å². The van der Waals surface area contributed by atoms with Gasteiger partial charge < -0.3 is 10.4 Å². The number of amides is 1. The molecule has 0 aliphatic heterocycles. The summed E-state index contributed by atoms with van der Waals surface area (Å²) in [7, 11) is 0. The largest absolute Gasteiger partial charge is 0.388 e. The van der Waals surface area contributed by atoms with Gasteiger partial charge in [0.1, 0.15) is 0 Å². The second kappa shape index (κ2) is 5.41. The Hall–Kier alpha value is -1.01. The predicted octanol–water partition coefficient (Wildman–Crippen LogP) is 3.04. The number of nitrogens with one attached hydrogen (secondary N) is 1. The highest BCUT2D eigenvalue weighted by Crippen LogP contribution is 2.38. The Morgan fingerprint density at radius 3 is 2.45 bits per heavy atom. The molecule has 1 fully saturated rings. The fraction of sp³-hybridized carbons (Fsp3) is 0.643. The molecule has 1 aromatic rings. The van der Waals surface area contributed by atoms with Crippen LogP contribution in [0.3, 0.4) is 0 Å². The van der Waals surface area contributed by atoms with Crippen LogP contribution in [-0.4, -0.2) is 29.1 Å². The van der Waals surface area contributed by atoms with E-state index in [-0.39, 0.29) is 38.1 Å². The van der Waals surface area contributed by atoms with Crippen molar-refractivity contribution >= 4 is 17.2 Å². The molecule has 6 heteroatoms. The SMILES string of the molecule is Cc1cc(C(=O)NCC2(O)CCC(F)(F)CC2)sc1C. The Morgan fingerprint density at radius 2 is 1.95 bits per heavy atom. The maximum absolute atomic E-state index is 13.1. The van der Waals surface area contributed by atoms with Crippen LogP contribution in [0, 0.1) is 13.8 Å². The molecule has 1 aromatic heterocycles. The Bertz CT molecular complexity index is 484. The minimum absolute atomic E-state index is 0.0166. The second-order valence-electron chi connectivity index (χ2n) is 5.61. The zero-order chi connectivity index (χ0) is 15.0. The van der Waals surface area contributed by atoms with E-state index in [2.05, 4.69) is 5.32 Å². The molecule has 0 bridgehead atoms. The lowest BCUT2D eigenvalue weighted by Crippen LogP contribution is -2.47. The van der Waals surface area contributed by atoms with Crippen LogP contribution in [0.4, 0.5) is 8.78 Å². The fourth-order valence-electron chi connectivity index (χ4n) is 2.27. The fourth-order valence-corrected chi connectivity index (χ4v) is 3.23. The van der Waals surface area contributed by atoms with Gasteiger partial charge in [-0.1, -0.05) is 0 Å². The number of rotatable bonds is 3. The van der Waals surface area contributed by atoms with E-state index in [1.807, 2.05) is 13.8 Å². The van der Waals surface area contributed by atoms with Crippen LogP contribution in [0.2, 0.25) is 0 Å². The van der Waals surface area contributed by atoms with Gasteiger partial charge in [-0.3, -0.25) is 4.79 Å². The summed E-state index contributed by atoms with van der Waals surface area (Å²) in [5.74, 6) is -2.94. The molecule has 1 aliphatic carbocycles. The number of aryl methyl sites for hydroxylation is 2. The Kier molecular flexibility index (Phi) is 4.16. The third-order valence-electron chi connectivity index (χ3n) is 3.88.